The van der Waals surface area contributed by atoms with Crippen molar-refractivity contribution in [3.05, 3.63) is 35.4 Å². The molecular weight excluding hydrogens is 214 g/mol. The number of nitrogens with two attached hydrogens (primary N) is 1. The highest BCUT2D eigenvalue weighted by Gasteiger charge is 2.27. The van der Waals surface area contributed by atoms with Crippen molar-refractivity contribution in [3.63, 3.8) is 0 Å². The fraction of sp³-hybridized carbons (Fsp3) is 0.571. The maximum absolute atomic E-state index is 5.71. The van der Waals surface area contributed by atoms with E-state index in [1.165, 1.54) is 5.56 Å². The predicted molar refractivity (Wildman–Crippen MR) is 69.8 cm³/mol. The molecule has 0 aliphatic rings. The van der Waals surface area contributed by atoms with E-state index in [1.807, 2.05) is 20.8 Å². The summed E-state index contributed by atoms with van der Waals surface area (Å²) in [5.74, 6) is -0.648. The lowest BCUT2D eigenvalue weighted by Gasteiger charge is -2.29. The van der Waals surface area contributed by atoms with Gasteiger partial charge in [-0.1, -0.05) is 24.3 Å². The van der Waals surface area contributed by atoms with Crippen LogP contribution in [0.25, 0.3) is 0 Å². The van der Waals surface area contributed by atoms with Gasteiger partial charge in [-0.05, 0) is 39.3 Å². The number of hydrogen-bond acceptors (Lipinski definition) is 3. The quantitative estimate of drug-likeness (QED) is 0.741. The van der Waals surface area contributed by atoms with E-state index in [0.717, 1.165) is 12.0 Å². The van der Waals surface area contributed by atoms with Gasteiger partial charge in [-0.15, -0.1) is 0 Å². The number of hydrogen-bond donors (Lipinski definition) is 1. The Labute approximate surface area is 104 Å². The van der Waals surface area contributed by atoms with Crippen molar-refractivity contribution in [1.29, 1.82) is 0 Å². The van der Waals surface area contributed by atoms with Crippen LogP contribution < -0.4 is 5.73 Å². The first-order valence-electron chi connectivity index (χ1n) is 6.23. The molecule has 0 unspecified atom stereocenters. The molecular formula is C14H23NO2. The summed E-state index contributed by atoms with van der Waals surface area (Å²) in [4.78, 5) is 0. The van der Waals surface area contributed by atoms with Gasteiger partial charge in [0.25, 0.3) is 0 Å². The molecule has 0 aliphatic carbocycles. The normalized spacial score (nSPS) is 11.8. The molecule has 1 aromatic rings. The Kier molecular flexibility index (Phi) is 5.62. The molecule has 0 heterocycles. The topological polar surface area (TPSA) is 44.5 Å². The molecule has 0 saturated carbocycles. The van der Waals surface area contributed by atoms with Gasteiger partial charge in [0.15, 0.2) is 5.79 Å². The third-order valence-corrected chi connectivity index (χ3v) is 2.75. The van der Waals surface area contributed by atoms with Crippen LogP contribution >= 0.6 is 0 Å². The van der Waals surface area contributed by atoms with Gasteiger partial charge in [0, 0.05) is 18.8 Å². The fourth-order valence-corrected chi connectivity index (χ4v) is 1.90. The summed E-state index contributed by atoms with van der Waals surface area (Å²) < 4.78 is 11.4. The smallest absolute Gasteiger partial charge is 0.191 e. The molecule has 0 amide bonds. The van der Waals surface area contributed by atoms with E-state index < -0.39 is 5.79 Å². The van der Waals surface area contributed by atoms with Crippen LogP contribution in [0.3, 0.4) is 0 Å². The van der Waals surface area contributed by atoms with E-state index in [0.29, 0.717) is 19.8 Å². The molecule has 1 aromatic carbocycles. The maximum atomic E-state index is 5.71. The number of ether oxygens (including phenoxy) is 2. The average molecular weight is 237 g/mol. The lowest BCUT2D eigenvalue weighted by atomic mass is 10.0. The van der Waals surface area contributed by atoms with Crippen LogP contribution in [0.5, 0.6) is 0 Å². The highest BCUT2D eigenvalue weighted by molar-refractivity contribution is 5.25. The average Bonchev–Trinajstić information content (AvgIpc) is 2.31. The molecule has 2 N–H and O–H groups in total. The highest BCUT2D eigenvalue weighted by Crippen LogP contribution is 2.27. The first kappa shape index (κ1) is 14.2. The van der Waals surface area contributed by atoms with E-state index in [1.54, 1.807) is 0 Å². The lowest BCUT2D eigenvalue weighted by molar-refractivity contribution is -0.229. The summed E-state index contributed by atoms with van der Waals surface area (Å²) in [6.07, 6.45) is 0.903. The van der Waals surface area contributed by atoms with E-state index in [-0.39, 0.29) is 0 Å². The van der Waals surface area contributed by atoms with Gasteiger partial charge < -0.3 is 15.2 Å². The third kappa shape index (κ3) is 3.80. The van der Waals surface area contributed by atoms with Crippen molar-refractivity contribution in [3.8, 4) is 0 Å². The van der Waals surface area contributed by atoms with Gasteiger partial charge in [0.05, 0.1) is 0 Å². The Bertz CT molecular complexity index is 315. The van der Waals surface area contributed by atoms with Gasteiger partial charge >= 0.3 is 0 Å². The zero-order valence-electron chi connectivity index (χ0n) is 11.0. The summed E-state index contributed by atoms with van der Waals surface area (Å²) in [5, 5.41) is 0. The number of rotatable bonds is 7. The molecule has 0 atom stereocenters. The minimum absolute atomic E-state index is 0.626. The first-order valence-corrected chi connectivity index (χ1v) is 6.23. The van der Waals surface area contributed by atoms with Crippen LogP contribution in [0.1, 0.15) is 31.9 Å². The maximum Gasteiger partial charge on any atom is 0.191 e. The summed E-state index contributed by atoms with van der Waals surface area (Å²) >= 11 is 0. The molecule has 0 spiro atoms. The molecule has 0 bridgehead atoms. The summed E-state index contributed by atoms with van der Waals surface area (Å²) in [7, 11) is 0. The Morgan fingerprint density at radius 1 is 1.06 bits per heavy atom. The standard InChI is InChI=1S/C14H23NO2/c1-4-16-14(3,17-5-2)13-8-6-12(7-9-13)10-11-15/h6-9H,4-5,10-11,15H2,1-3H3. The van der Waals surface area contributed by atoms with Crippen molar-refractivity contribution in [1.82, 2.24) is 0 Å². The largest absolute Gasteiger partial charge is 0.346 e. The minimum atomic E-state index is -0.648. The van der Waals surface area contributed by atoms with E-state index >= 15 is 0 Å². The van der Waals surface area contributed by atoms with Crippen molar-refractivity contribution >= 4 is 0 Å². The highest BCUT2D eigenvalue weighted by atomic mass is 16.7. The van der Waals surface area contributed by atoms with E-state index in [2.05, 4.69) is 24.3 Å². The molecule has 96 valence electrons. The number of benzene rings is 1. The van der Waals surface area contributed by atoms with E-state index in [4.69, 9.17) is 15.2 Å². The molecule has 1 rings (SSSR count). The van der Waals surface area contributed by atoms with Gasteiger partial charge in [0.1, 0.15) is 0 Å². The van der Waals surface area contributed by atoms with Crippen LogP contribution in [0.2, 0.25) is 0 Å². The zero-order chi connectivity index (χ0) is 12.7. The van der Waals surface area contributed by atoms with E-state index in [9.17, 15) is 0 Å². The van der Waals surface area contributed by atoms with Crippen molar-refractivity contribution in [2.24, 2.45) is 5.73 Å². The Morgan fingerprint density at radius 2 is 1.59 bits per heavy atom. The van der Waals surface area contributed by atoms with Crippen molar-refractivity contribution < 1.29 is 9.47 Å². The van der Waals surface area contributed by atoms with Gasteiger partial charge in [-0.2, -0.15) is 0 Å². The Morgan fingerprint density at radius 3 is 2.00 bits per heavy atom. The molecule has 3 heteroatoms. The molecule has 3 nitrogen and oxygen atoms in total. The molecule has 0 saturated heterocycles. The lowest BCUT2D eigenvalue weighted by Crippen LogP contribution is -2.29. The van der Waals surface area contributed by atoms with Crippen LogP contribution in [0.4, 0.5) is 0 Å². The summed E-state index contributed by atoms with van der Waals surface area (Å²) in [6, 6.07) is 8.27. The van der Waals surface area contributed by atoms with Gasteiger partial charge in [-0.25, -0.2) is 0 Å². The second kappa shape index (κ2) is 6.74. The molecule has 0 radical (unpaired) electrons. The zero-order valence-corrected chi connectivity index (χ0v) is 11.0. The van der Waals surface area contributed by atoms with Crippen LogP contribution in [-0.4, -0.2) is 19.8 Å². The van der Waals surface area contributed by atoms with Gasteiger partial charge in [0.2, 0.25) is 0 Å². The Balaban J connectivity index is 2.87. The second-order valence-corrected chi connectivity index (χ2v) is 4.05. The SMILES string of the molecule is CCOC(C)(OCC)c1ccc(CCN)cc1. The minimum Gasteiger partial charge on any atom is -0.346 e. The van der Waals surface area contributed by atoms with Crippen LogP contribution in [0, 0.1) is 0 Å². The fourth-order valence-electron chi connectivity index (χ4n) is 1.90. The van der Waals surface area contributed by atoms with Crippen LogP contribution in [-0.2, 0) is 21.7 Å². The summed E-state index contributed by atoms with van der Waals surface area (Å²) in [5.41, 5.74) is 7.82. The summed E-state index contributed by atoms with van der Waals surface area (Å²) in [6.45, 7) is 7.83. The molecule has 17 heavy (non-hydrogen) atoms. The first-order chi connectivity index (χ1) is 8.16. The third-order valence-electron chi connectivity index (χ3n) is 2.75. The molecule has 0 aromatic heterocycles. The molecule has 0 aliphatic heterocycles. The predicted octanol–water partition coefficient (Wildman–Crippen LogP) is 2.43. The van der Waals surface area contributed by atoms with Crippen molar-refractivity contribution in [2.45, 2.75) is 33.0 Å². The van der Waals surface area contributed by atoms with Crippen LogP contribution in [0.15, 0.2) is 24.3 Å². The van der Waals surface area contributed by atoms with Crippen molar-refractivity contribution in [2.75, 3.05) is 19.8 Å². The monoisotopic (exact) mass is 237 g/mol. The van der Waals surface area contributed by atoms with Gasteiger partial charge in [-0.3, -0.25) is 0 Å². The molecule has 0 fully saturated rings. The second-order valence-electron chi connectivity index (χ2n) is 4.05. The Hall–Kier alpha value is -0.900.